The van der Waals surface area contributed by atoms with Crippen molar-refractivity contribution in [1.29, 1.82) is 0 Å². The normalized spacial score (nSPS) is 15.2. The Balaban J connectivity index is 2.91. The molecule has 0 heterocycles. The van der Waals surface area contributed by atoms with Crippen molar-refractivity contribution in [2.24, 2.45) is 5.73 Å². The molecule has 0 aromatic heterocycles. The van der Waals surface area contributed by atoms with Gasteiger partial charge in [0.25, 0.3) is 0 Å². The van der Waals surface area contributed by atoms with E-state index < -0.39 is 6.10 Å². The molecule has 0 bridgehead atoms. The molecule has 3 N–H and O–H groups in total. The van der Waals surface area contributed by atoms with Gasteiger partial charge >= 0.3 is 0 Å². The number of nitrogens with two attached hydrogens (primary N) is 1. The Morgan fingerprint density at radius 2 is 1.93 bits per heavy atom. The zero-order valence-corrected chi connectivity index (χ0v) is 9.12. The number of aliphatic hydroxyl groups is 1. The van der Waals surface area contributed by atoms with E-state index in [0.717, 1.165) is 5.56 Å². The van der Waals surface area contributed by atoms with E-state index >= 15 is 0 Å². The average molecular weight is 193 g/mol. The van der Waals surface area contributed by atoms with E-state index in [-0.39, 0.29) is 6.04 Å². The summed E-state index contributed by atoms with van der Waals surface area (Å²) in [5, 5.41) is 9.62. The third kappa shape index (κ3) is 2.34. The Hall–Kier alpha value is -0.860. The molecule has 78 valence electrons. The minimum absolute atomic E-state index is 0.265. The third-order valence-corrected chi connectivity index (χ3v) is 2.75. The fourth-order valence-corrected chi connectivity index (χ4v) is 1.45. The van der Waals surface area contributed by atoms with E-state index in [9.17, 15) is 5.11 Å². The van der Waals surface area contributed by atoms with Gasteiger partial charge in [0, 0.05) is 0 Å². The standard InChI is InChI=1S/C12H19NO/c1-4-11(14)12(13)10-6-5-8(2)9(3)7-10/h5-7,11-12,14H,4,13H2,1-3H3/t11-,12+/m1/s1. The molecule has 2 heteroatoms. The number of hydrogen-bond acceptors (Lipinski definition) is 2. The minimum Gasteiger partial charge on any atom is -0.391 e. The van der Waals surface area contributed by atoms with Gasteiger partial charge in [0.15, 0.2) is 0 Å². The summed E-state index contributed by atoms with van der Waals surface area (Å²) < 4.78 is 0. The monoisotopic (exact) mass is 193 g/mol. The molecule has 1 aromatic rings. The lowest BCUT2D eigenvalue weighted by molar-refractivity contribution is 0.140. The Morgan fingerprint density at radius 1 is 1.29 bits per heavy atom. The van der Waals surface area contributed by atoms with Crippen molar-refractivity contribution in [3.8, 4) is 0 Å². The van der Waals surface area contributed by atoms with Crippen LogP contribution in [-0.2, 0) is 0 Å². The molecule has 0 spiro atoms. The molecule has 0 saturated heterocycles. The molecule has 0 aliphatic carbocycles. The first-order chi connectivity index (χ1) is 6.56. The van der Waals surface area contributed by atoms with Crippen LogP contribution >= 0.6 is 0 Å². The highest BCUT2D eigenvalue weighted by molar-refractivity contribution is 5.31. The van der Waals surface area contributed by atoms with E-state index in [1.165, 1.54) is 11.1 Å². The highest BCUT2D eigenvalue weighted by atomic mass is 16.3. The van der Waals surface area contributed by atoms with Crippen molar-refractivity contribution < 1.29 is 5.11 Å². The van der Waals surface area contributed by atoms with Crippen molar-refractivity contribution in [2.75, 3.05) is 0 Å². The lowest BCUT2D eigenvalue weighted by Crippen LogP contribution is -2.25. The van der Waals surface area contributed by atoms with Crippen LogP contribution in [0.2, 0.25) is 0 Å². The molecule has 2 atom stereocenters. The van der Waals surface area contributed by atoms with Crippen molar-refractivity contribution in [2.45, 2.75) is 39.3 Å². The van der Waals surface area contributed by atoms with Crippen LogP contribution in [0.5, 0.6) is 0 Å². The van der Waals surface area contributed by atoms with Crippen LogP contribution in [-0.4, -0.2) is 11.2 Å². The van der Waals surface area contributed by atoms with Crippen LogP contribution in [0.1, 0.15) is 36.1 Å². The van der Waals surface area contributed by atoms with Gasteiger partial charge in [-0.15, -0.1) is 0 Å². The molecular formula is C12H19NO. The molecule has 1 rings (SSSR count). The van der Waals surface area contributed by atoms with Crippen LogP contribution < -0.4 is 5.73 Å². The Morgan fingerprint density at radius 3 is 2.43 bits per heavy atom. The topological polar surface area (TPSA) is 46.2 Å². The van der Waals surface area contributed by atoms with Crippen molar-refractivity contribution >= 4 is 0 Å². The molecule has 0 unspecified atom stereocenters. The molecule has 0 amide bonds. The Bertz CT molecular complexity index is 309. The highest BCUT2D eigenvalue weighted by Gasteiger charge is 2.14. The summed E-state index contributed by atoms with van der Waals surface area (Å²) >= 11 is 0. The summed E-state index contributed by atoms with van der Waals surface area (Å²) in [6.07, 6.45) is 0.241. The van der Waals surface area contributed by atoms with Gasteiger partial charge in [-0.3, -0.25) is 0 Å². The predicted molar refractivity (Wildman–Crippen MR) is 59.1 cm³/mol. The zero-order chi connectivity index (χ0) is 10.7. The smallest absolute Gasteiger partial charge is 0.0730 e. The van der Waals surface area contributed by atoms with E-state index in [4.69, 9.17) is 5.73 Å². The Kier molecular flexibility index (Phi) is 3.67. The number of benzene rings is 1. The largest absolute Gasteiger partial charge is 0.391 e. The van der Waals surface area contributed by atoms with Gasteiger partial charge in [-0.1, -0.05) is 25.1 Å². The summed E-state index contributed by atoms with van der Waals surface area (Å²) in [7, 11) is 0. The lowest BCUT2D eigenvalue weighted by atomic mass is 9.97. The average Bonchev–Trinajstić information content (AvgIpc) is 2.20. The maximum atomic E-state index is 9.62. The molecule has 2 nitrogen and oxygen atoms in total. The molecular weight excluding hydrogens is 174 g/mol. The molecule has 0 radical (unpaired) electrons. The minimum atomic E-state index is -0.447. The van der Waals surface area contributed by atoms with Gasteiger partial charge in [-0.05, 0) is 37.0 Å². The quantitative estimate of drug-likeness (QED) is 0.772. The van der Waals surface area contributed by atoms with Gasteiger partial charge < -0.3 is 10.8 Å². The fraction of sp³-hybridized carbons (Fsp3) is 0.500. The number of aryl methyl sites for hydroxylation is 2. The first-order valence-electron chi connectivity index (χ1n) is 5.07. The number of rotatable bonds is 3. The molecule has 0 aliphatic rings. The summed E-state index contributed by atoms with van der Waals surface area (Å²) in [5.74, 6) is 0. The van der Waals surface area contributed by atoms with Crippen LogP contribution in [0.15, 0.2) is 18.2 Å². The molecule has 0 fully saturated rings. The second kappa shape index (κ2) is 4.58. The third-order valence-electron chi connectivity index (χ3n) is 2.75. The summed E-state index contributed by atoms with van der Waals surface area (Å²) in [4.78, 5) is 0. The lowest BCUT2D eigenvalue weighted by Gasteiger charge is -2.18. The van der Waals surface area contributed by atoms with E-state index in [1.54, 1.807) is 0 Å². The van der Waals surface area contributed by atoms with Crippen LogP contribution in [0, 0.1) is 13.8 Å². The van der Waals surface area contributed by atoms with Gasteiger partial charge in [-0.25, -0.2) is 0 Å². The van der Waals surface area contributed by atoms with E-state index in [2.05, 4.69) is 19.9 Å². The van der Waals surface area contributed by atoms with Crippen molar-refractivity contribution in [3.63, 3.8) is 0 Å². The maximum Gasteiger partial charge on any atom is 0.0730 e. The van der Waals surface area contributed by atoms with Gasteiger partial charge in [0.1, 0.15) is 0 Å². The fourth-order valence-electron chi connectivity index (χ4n) is 1.45. The van der Waals surface area contributed by atoms with Crippen LogP contribution in [0.4, 0.5) is 0 Å². The van der Waals surface area contributed by atoms with Gasteiger partial charge in [-0.2, -0.15) is 0 Å². The summed E-state index contributed by atoms with van der Waals surface area (Å²) in [6, 6.07) is 5.83. The first-order valence-corrected chi connectivity index (χ1v) is 5.07. The van der Waals surface area contributed by atoms with E-state index in [1.807, 2.05) is 19.1 Å². The van der Waals surface area contributed by atoms with Gasteiger partial charge in [0.2, 0.25) is 0 Å². The number of aliphatic hydroxyl groups excluding tert-OH is 1. The SMILES string of the molecule is CC[C@@H](O)[C@@H](N)c1ccc(C)c(C)c1. The number of hydrogen-bond donors (Lipinski definition) is 2. The van der Waals surface area contributed by atoms with Crippen LogP contribution in [0.25, 0.3) is 0 Å². The van der Waals surface area contributed by atoms with E-state index in [0.29, 0.717) is 6.42 Å². The molecule has 0 saturated carbocycles. The molecule has 0 aliphatic heterocycles. The predicted octanol–water partition coefficient (Wildman–Crippen LogP) is 2.07. The first kappa shape index (κ1) is 11.2. The molecule has 14 heavy (non-hydrogen) atoms. The van der Waals surface area contributed by atoms with Crippen molar-refractivity contribution in [1.82, 2.24) is 0 Å². The highest BCUT2D eigenvalue weighted by Crippen LogP contribution is 2.19. The second-order valence-corrected chi connectivity index (χ2v) is 3.85. The Labute approximate surface area is 85.8 Å². The zero-order valence-electron chi connectivity index (χ0n) is 9.12. The maximum absolute atomic E-state index is 9.62. The van der Waals surface area contributed by atoms with Crippen LogP contribution in [0.3, 0.4) is 0 Å². The summed E-state index contributed by atoms with van der Waals surface area (Å²) in [5.41, 5.74) is 9.41. The molecule has 1 aromatic carbocycles. The van der Waals surface area contributed by atoms with Gasteiger partial charge in [0.05, 0.1) is 12.1 Å². The van der Waals surface area contributed by atoms with Crippen molar-refractivity contribution in [3.05, 3.63) is 34.9 Å². The second-order valence-electron chi connectivity index (χ2n) is 3.85. The summed E-state index contributed by atoms with van der Waals surface area (Å²) in [6.45, 7) is 6.07.